The summed E-state index contributed by atoms with van der Waals surface area (Å²) < 4.78 is 11.3. The fourth-order valence-corrected chi connectivity index (χ4v) is 2.53. The first kappa shape index (κ1) is 17.7. The molecule has 0 aromatic heterocycles. The van der Waals surface area contributed by atoms with E-state index in [0.29, 0.717) is 5.75 Å². The van der Waals surface area contributed by atoms with Crippen molar-refractivity contribution < 1.29 is 29.6 Å². The van der Waals surface area contributed by atoms with Crippen LogP contribution < -0.4 is 10.1 Å². The number of benzene rings is 1. The molecule has 0 saturated carbocycles. The predicted octanol–water partition coefficient (Wildman–Crippen LogP) is -0.374. The van der Waals surface area contributed by atoms with Crippen molar-refractivity contribution in [3.63, 3.8) is 0 Å². The highest BCUT2D eigenvalue weighted by atomic mass is 16.7. The van der Waals surface area contributed by atoms with Crippen LogP contribution in [-0.4, -0.2) is 58.5 Å². The standard InChI is InChI=1S/C16H23NO6/c1-8-4-5-9(2)11(6-8)22-16-13(17-10(3)19)15(21)14(20)12(7-18)23-16/h4-6,12-16,18,20-21H,7H2,1-3H3,(H,17,19)/t12-,13+,14+,15-,16+/m0/s1. The first-order valence-corrected chi connectivity index (χ1v) is 7.47. The third kappa shape index (κ3) is 4.00. The Hall–Kier alpha value is -1.67. The molecular formula is C16H23NO6. The van der Waals surface area contributed by atoms with Crippen LogP contribution in [0.2, 0.25) is 0 Å². The molecule has 0 aliphatic carbocycles. The topological polar surface area (TPSA) is 108 Å². The summed E-state index contributed by atoms with van der Waals surface area (Å²) >= 11 is 0. The lowest BCUT2D eigenvalue weighted by Gasteiger charge is -2.42. The Morgan fingerprint density at radius 2 is 2.00 bits per heavy atom. The maximum atomic E-state index is 11.4. The molecule has 5 atom stereocenters. The molecule has 1 aromatic rings. The van der Waals surface area contributed by atoms with Gasteiger partial charge in [0.05, 0.1) is 6.61 Å². The van der Waals surface area contributed by atoms with Crippen LogP contribution in [0.1, 0.15) is 18.1 Å². The summed E-state index contributed by atoms with van der Waals surface area (Å²) in [4.78, 5) is 11.4. The number of amides is 1. The molecule has 1 aromatic carbocycles. The summed E-state index contributed by atoms with van der Waals surface area (Å²) in [5.41, 5.74) is 1.85. The Kier molecular flexibility index (Phi) is 5.59. The Morgan fingerprint density at radius 1 is 1.30 bits per heavy atom. The van der Waals surface area contributed by atoms with Crippen molar-refractivity contribution in [1.29, 1.82) is 0 Å². The van der Waals surface area contributed by atoms with E-state index < -0.39 is 37.3 Å². The number of hydrogen-bond acceptors (Lipinski definition) is 6. The summed E-state index contributed by atoms with van der Waals surface area (Å²) in [5.74, 6) is 0.160. The second-order valence-corrected chi connectivity index (χ2v) is 5.82. The minimum Gasteiger partial charge on any atom is -0.462 e. The Balaban J connectivity index is 2.27. The van der Waals surface area contributed by atoms with Crippen LogP contribution >= 0.6 is 0 Å². The second-order valence-electron chi connectivity index (χ2n) is 5.82. The zero-order chi connectivity index (χ0) is 17.1. The molecule has 1 saturated heterocycles. The number of rotatable bonds is 4. The average Bonchev–Trinajstić information content (AvgIpc) is 2.49. The lowest BCUT2D eigenvalue weighted by atomic mass is 9.97. The number of hydrogen-bond donors (Lipinski definition) is 4. The van der Waals surface area contributed by atoms with Crippen molar-refractivity contribution in [3.05, 3.63) is 29.3 Å². The molecule has 1 fully saturated rings. The highest BCUT2D eigenvalue weighted by molar-refractivity contribution is 5.73. The molecular weight excluding hydrogens is 302 g/mol. The highest BCUT2D eigenvalue weighted by Gasteiger charge is 2.46. The van der Waals surface area contributed by atoms with Gasteiger partial charge in [0.25, 0.3) is 0 Å². The van der Waals surface area contributed by atoms with Crippen LogP contribution in [0.5, 0.6) is 5.75 Å². The van der Waals surface area contributed by atoms with Gasteiger partial charge in [-0.25, -0.2) is 0 Å². The molecule has 0 unspecified atom stereocenters. The molecule has 0 spiro atoms. The van der Waals surface area contributed by atoms with Gasteiger partial charge in [-0.2, -0.15) is 0 Å². The first-order chi connectivity index (χ1) is 10.8. The molecule has 1 aliphatic heterocycles. The van der Waals surface area contributed by atoms with Crippen LogP contribution in [0.15, 0.2) is 18.2 Å². The fraction of sp³-hybridized carbons (Fsp3) is 0.562. The number of carbonyl (C=O) groups excluding carboxylic acids is 1. The van der Waals surface area contributed by atoms with E-state index in [2.05, 4.69) is 5.32 Å². The van der Waals surface area contributed by atoms with Crippen molar-refractivity contribution >= 4 is 5.91 Å². The van der Waals surface area contributed by atoms with Gasteiger partial charge in [-0.15, -0.1) is 0 Å². The molecule has 7 nitrogen and oxygen atoms in total. The number of ether oxygens (including phenoxy) is 2. The molecule has 1 aliphatic rings. The summed E-state index contributed by atoms with van der Waals surface area (Å²) in [6.07, 6.45) is -4.67. The van der Waals surface area contributed by atoms with Gasteiger partial charge in [-0.05, 0) is 31.0 Å². The summed E-state index contributed by atoms with van der Waals surface area (Å²) in [6, 6.07) is 4.68. The van der Waals surface area contributed by atoms with Gasteiger partial charge in [0.2, 0.25) is 12.2 Å². The van der Waals surface area contributed by atoms with E-state index in [9.17, 15) is 20.1 Å². The normalized spacial score (nSPS) is 30.8. The number of aryl methyl sites for hydroxylation is 2. The van der Waals surface area contributed by atoms with E-state index in [1.807, 2.05) is 32.0 Å². The van der Waals surface area contributed by atoms with Crippen LogP contribution in [0.4, 0.5) is 0 Å². The third-order valence-electron chi connectivity index (χ3n) is 3.84. The molecule has 7 heteroatoms. The molecule has 23 heavy (non-hydrogen) atoms. The molecule has 0 radical (unpaired) electrons. The molecule has 128 valence electrons. The predicted molar refractivity (Wildman–Crippen MR) is 81.9 cm³/mol. The Labute approximate surface area is 134 Å². The Morgan fingerprint density at radius 3 is 2.61 bits per heavy atom. The van der Waals surface area contributed by atoms with Gasteiger partial charge in [-0.3, -0.25) is 4.79 Å². The smallest absolute Gasteiger partial charge is 0.223 e. The maximum absolute atomic E-state index is 11.4. The lowest BCUT2D eigenvalue weighted by Crippen LogP contribution is -2.65. The van der Waals surface area contributed by atoms with Gasteiger partial charge < -0.3 is 30.1 Å². The van der Waals surface area contributed by atoms with Crippen LogP contribution in [0.25, 0.3) is 0 Å². The van der Waals surface area contributed by atoms with E-state index in [1.165, 1.54) is 6.92 Å². The van der Waals surface area contributed by atoms with Crippen LogP contribution in [-0.2, 0) is 9.53 Å². The van der Waals surface area contributed by atoms with Gasteiger partial charge in [0.15, 0.2) is 0 Å². The van der Waals surface area contributed by atoms with E-state index in [-0.39, 0.29) is 5.91 Å². The number of aliphatic hydroxyl groups excluding tert-OH is 3. The largest absolute Gasteiger partial charge is 0.462 e. The summed E-state index contributed by atoms with van der Waals surface area (Å²) in [7, 11) is 0. The van der Waals surface area contributed by atoms with E-state index >= 15 is 0 Å². The summed E-state index contributed by atoms with van der Waals surface area (Å²) in [5, 5.41) is 32.0. The summed E-state index contributed by atoms with van der Waals surface area (Å²) in [6.45, 7) is 4.60. The number of carbonyl (C=O) groups is 1. The van der Waals surface area contributed by atoms with Gasteiger partial charge in [0, 0.05) is 6.92 Å². The van der Waals surface area contributed by atoms with E-state index in [1.54, 1.807) is 0 Å². The minimum absolute atomic E-state index is 0.387. The molecule has 4 N–H and O–H groups in total. The van der Waals surface area contributed by atoms with Crippen LogP contribution in [0, 0.1) is 13.8 Å². The maximum Gasteiger partial charge on any atom is 0.223 e. The Bertz CT molecular complexity index is 564. The van der Waals surface area contributed by atoms with Gasteiger partial charge >= 0.3 is 0 Å². The zero-order valence-corrected chi connectivity index (χ0v) is 13.4. The fourth-order valence-electron chi connectivity index (χ4n) is 2.53. The highest BCUT2D eigenvalue weighted by Crippen LogP contribution is 2.27. The molecule has 1 heterocycles. The zero-order valence-electron chi connectivity index (χ0n) is 13.4. The van der Waals surface area contributed by atoms with Gasteiger partial charge in [-0.1, -0.05) is 12.1 Å². The minimum atomic E-state index is -1.32. The van der Waals surface area contributed by atoms with Gasteiger partial charge in [0.1, 0.15) is 30.1 Å². The van der Waals surface area contributed by atoms with Crippen LogP contribution in [0.3, 0.4) is 0 Å². The average molecular weight is 325 g/mol. The molecule has 0 bridgehead atoms. The monoisotopic (exact) mass is 325 g/mol. The number of aliphatic hydroxyl groups is 3. The quantitative estimate of drug-likeness (QED) is 0.601. The van der Waals surface area contributed by atoms with Crippen molar-refractivity contribution in [1.82, 2.24) is 5.32 Å². The number of nitrogens with one attached hydrogen (secondary N) is 1. The third-order valence-corrected chi connectivity index (χ3v) is 3.84. The first-order valence-electron chi connectivity index (χ1n) is 7.47. The van der Waals surface area contributed by atoms with Crippen molar-refractivity contribution in [2.45, 2.75) is 51.4 Å². The van der Waals surface area contributed by atoms with E-state index in [0.717, 1.165) is 11.1 Å². The van der Waals surface area contributed by atoms with Crippen molar-refractivity contribution in [3.8, 4) is 5.75 Å². The lowest BCUT2D eigenvalue weighted by molar-refractivity contribution is -0.244. The molecule has 1 amide bonds. The van der Waals surface area contributed by atoms with Crippen molar-refractivity contribution in [2.24, 2.45) is 0 Å². The second kappa shape index (κ2) is 7.27. The molecule has 2 rings (SSSR count). The van der Waals surface area contributed by atoms with Crippen molar-refractivity contribution in [2.75, 3.05) is 6.61 Å². The van der Waals surface area contributed by atoms with E-state index in [4.69, 9.17) is 9.47 Å². The SMILES string of the molecule is CC(=O)N[C@H]1[C@H](Oc2cc(C)ccc2C)O[C@@H](CO)[C@@H](O)[C@H]1O.